The molecule has 0 heterocycles. The van der Waals surface area contributed by atoms with Crippen molar-refractivity contribution in [3.8, 4) is 0 Å². The van der Waals surface area contributed by atoms with Crippen molar-refractivity contribution in [2.75, 3.05) is 6.61 Å². The van der Waals surface area contributed by atoms with Gasteiger partial charge < -0.3 is 0 Å². The van der Waals surface area contributed by atoms with Gasteiger partial charge in [-0.05, 0) is 6.42 Å². The van der Waals surface area contributed by atoms with Crippen LogP contribution in [-0.2, 0) is 15.2 Å². The molecule has 0 aromatic carbocycles. The Morgan fingerprint density at radius 2 is 1.05 bits per heavy atom. The standard InChI is InChI=1S/C14H30O3S.Li.H/c1-2-3-4-5-6-7-8-9-10-11-12-13-14-17-18(15)16;;/h18H,2-14H2,1H3;;. The van der Waals surface area contributed by atoms with E-state index in [2.05, 4.69) is 11.1 Å². The van der Waals surface area contributed by atoms with Crippen molar-refractivity contribution in [3.63, 3.8) is 0 Å². The van der Waals surface area contributed by atoms with Gasteiger partial charge in [-0.15, -0.1) is 0 Å². The van der Waals surface area contributed by atoms with Gasteiger partial charge in [0.15, 0.2) is 0 Å². The Bertz CT molecular complexity index is 225. The Morgan fingerprint density at radius 3 is 1.42 bits per heavy atom. The van der Waals surface area contributed by atoms with Gasteiger partial charge in [-0.3, -0.25) is 4.18 Å². The predicted molar refractivity (Wildman–Crippen MR) is 84.5 cm³/mol. The molecular formula is C14H31LiO3S. The van der Waals surface area contributed by atoms with Crippen LogP contribution in [0.15, 0.2) is 0 Å². The van der Waals surface area contributed by atoms with Crippen LogP contribution in [0.5, 0.6) is 0 Å². The second-order valence-corrected chi connectivity index (χ2v) is 5.65. The molecule has 0 aromatic heterocycles. The summed E-state index contributed by atoms with van der Waals surface area (Å²) in [5, 5.41) is 0. The predicted octanol–water partition coefficient (Wildman–Crippen LogP) is 3.58. The number of rotatable bonds is 14. The van der Waals surface area contributed by atoms with E-state index in [0.717, 1.165) is 12.8 Å². The van der Waals surface area contributed by atoms with Crippen LogP contribution in [0.1, 0.15) is 84.0 Å². The molecule has 0 atom stereocenters. The van der Waals surface area contributed by atoms with Crippen molar-refractivity contribution in [2.45, 2.75) is 84.0 Å². The molecule has 0 rings (SSSR count). The number of unbranched alkanes of at least 4 members (excludes halogenated alkanes) is 11. The van der Waals surface area contributed by atoms with E-state index in [1.54, 1.807) is 0 Å². The zero-order valence-corrected chi connectivity index (χ0v) is 12.8. The maximum atomic E-state index is 10.1. The van der Waals surface area contributed by atoms with Crippen molar-refractivity contribution in [1.29, 1.82) is 0 Å². The van der Waals surface area contributed by atoms with Crippen molar-refractivity contribution in [3.05, 3.63) is 0 Å². The monoisotopic (exact) mass is 286 g/mol. The molecule has 0 bridgehead atoms. The van der Waals surface area contributed by atoms with Crippen LogP contribution < -0.4 is 0 Å². The van der Waals surface area contributed by atoms with E-state index in [-0.39, 0.29) is 18.9 Å². The summed E-state index contributed by atoms with van der Waals surface area (Å²) in [6.45, 7) is 2.61. The normalized spacial score (nSPS) is 10.6. The van der Waals surface area contributed by atoms with Gasteiger partial charge in [0.25, 0.3) is 11.0 Å². The molecule has 19 heavy (non-hydrogen) atoms. The van der Waals surface area contributed by atoms with E-state index in [4.69, 9.17) is 0 Å². The summed E-state index contributed by atoms with van der Waals surface area (Å²) in [6, 6.07) is 0. The van der Waals surface area contributed by atoms with Crippen LogP contribution >= 0.6 is 0 Å². The molecule has 0 aliphatic rings. The Morgan fingerprint density at radius 1 is 0.684 bits per heavy atom. The molecule has 0 saturated heterocycles. The quantitative estimate of drug-likeness (QED) is 0.301. The van der Waals surface area contributed by atoms with Crippen LogP contribution in [0.3, 0.4) is 0 Å². The second kappa shape index (κ2) is 18.5. The molecule has 3 nitrogen and oxygen atoms in total. The zero-order chi connectivity index (χ0) is 13.5. The van der Waals surface area contributed by atoms with Crippen molar-refractivity contribution in [2.24, 2.45) is 0 Å². The van der Waals surface area contributed by atoms with Gasteiger partial charge in [0.05, 0.1) is 6.61 Å². The van der Waals surface area contributed by atoms with Gasteiger partial charge in [-0.25, -0.2) is 8.42 Å². The third kappa shape index (κ3) is 21.0. The van der Waals surface area contributed by atoms with E-state index in [9.17, 15) is 8.42 Å². The minimum atomic E-state index is -2.64. The average molecular weight is 286 g/mol. The third-order valence-corrected chi connectivity index (χ3v) is 3.59. The fraction of sp³-hybridized carbons (Fsp3) is 1.00. The fourth-order valence-corrected chi connectivity index (χ4v) is 2.36. The van der Waals surface area contributed by atoms with E-state index in [1.165, 1.54) is 64.2 Å². The van der Waals surface area contributed by atoms with Crippen LogP contribution in [0, 0.1) is 0 Å². The van der Waals surface area contributed by atoms with Crippen LogP contribution in [0.2, 0.25) is 0 Å². The SMILES string of the molecule is CCCCCCCCCCCCCCO[SH](=O)=O.[LiH]. The molecule has 0 N–H and O–H groups in total. The first-order valence-electron chi connectivity index (χ1n) is 7.54. The summed E-state index contributed by atoms with van der Waals surface area (Å²) in [5.74, 6) is 0. The van der Waals surface area contributed by atoms with E-state index >= 15 is 0 Å². The topological polar surface area (TPSA) is 43.4 Å². The summed E-state index contributed by atoms with van der Waals surface area (Å²) < 4.78 is 24.7. The summed E-state index contributed by atoms with van der Waals surface area (Å²) in [4.78, 5) is 0. The van der Waals surface area contributed by atoms with Crippen molar-refractivity contribution < 1.29 is 12.6 Å². The molecule has 0 radical (unpaired) electrons. The Hall–Kier alpha value is 0.507. The Labute approximate surface area is 133 Å². The number of thiol groups is 1. The summed E-state index contributed by atoms with van der Waals surface area (Å²) in [6.07, 6.45) is 15.4. The summed E-state index contributed by atoms with van der Waals surface area (Å²) in [5.41, 5.74) is 0. The van der Waals surface area contributed by atoms with Gasteiger partial charge in [0, 0.05) is 0 Å². The third-order valence-electron chi connectivity index (χ3n) is 3.19. The van der Waals surface area contributed by atoms with Crippen molar-refractivity contribution in [1.82, 2.24) is 0 Å². The van der Waals surface area contributed by atoms with Gasteiger partial charge >= 0.3 is 18.9 Å². The van der Waals surface area contributed by atoms with E-state index < -0.39 is 11.0 Å². The van der Waals surface area contributed by atoms with E-state index in [0.29, 0.717) is 6.61 Å². The molecule has 0 amide bonds. The molecule has 0 aromatic rings. The number of hydrogen-bond donors (Lipinski definition) is 1. The summed E-state index contributed by atoms with van der Waals surface area (Å²) in [7, 11) is -2.64. The van der Waals surface area contributed by atoms with Crippen molar-refractivity contribution >= 4 is 29.8 Å². The molecule has 0 aliphatic carbocycles. The Balaban J connectivity index is 0. The van der Waals surface area contributed by atoms with Crippen LogP contribution in [0.25, 0.3) is 0 Å². The molecule has 0 aliphatic heterocycles. The zero-order valence-electron chi connectivity index (χ0n) is 11.9. The first-order valence-corrected chi connectivity index (χ1v) is 8.64. The minimum absolute atomic E-state index is 0. The first-order chi connectivity index (χ1) is 8.77. The van der Waals surface area contributed by atoms with Crippen LogP contribution in [-0.4, -0.2) is 33.9 Å². The van der Waals surface area contributed by atoms with Gasteiger partial charge in [0.1, 0.15) is 0 Å². The molecule has 112 valence electrons. The molecular weight excluding hydrogens is 255 g/mol. The van der Waals surface area contributed by atoms with Gasteiger partial charge in [-0.1, -0.05) is 77.6 Å². The average Bonchev–Trinajstić information content (AvgIpc) is 2.34. The first kappa shape index (κ1) is 21.8. The molecule has 0 saturated carbocycles. The van der Waals surface area contributed by atoms with E-state index in [1.807, 2.05) is 0 Å². The molecule has 0 unspecified atom stereocenters. The molecule has 0 spiro atoms. The summed E-state index contributed by atoms with van der Waals surface area (Å²) >= 11 is 0. The fourth-order valence-electron chi connectivity index (χ4n) is 2.08. The molecule has 5 heteroatoms. The van der Waals surface area contributed by atoms with Gasteiger partial charge in [0.2, 0.25) is 0 Å². The Kier molecular flexibility index (Phi) is 21.2. The van der Waals surface area contributed by atoms with Crippen LogP contribution in [0.4, 0.5) is 0 Å². The number of hydrogen-bond acceptors (Lipinski definition) is 3. The van der Waals surface area contributed by atoms with Gasteiger partial charge in [-0.2, -0.15) is 0 Å². The molecule has 0 fully saturated rings. The second-order valence-electron chi connectivity index (χ2n) is 4.95. The maximum absolute atomic E-state index is 10.1.